The molecule has 0 bridgehead atoms. The Kier molecular flexibility index (Phi) is 6.01. The van der Waals surface area contributed by atoms with E-state index in [0.717, 1.165) is 18.4 Å². The van der Waals surface area contributed by atoms with Crippen LogP contribution in [0.5, 0.6) is 0 Å². The van der Waals surface area contributed by atoms with E-state index >= 15 is 0 Å². The molecule has 2 atom stereocenters. The summed E-state index contributed by atoms with van der Waals surface area (Å²) in [7, 11) is 0. The summed E-state index contributed by atoms with van der Waals surface area (Å²) in [6, 6.07) is 7.10. The number of carbonyl (C=O) groups excluding carboxylic acids is 2. The third kappa shape index (κ3) is 4.88. The van der Waals surface area contributed by atoms with E-state index in [2.05, 4.69) is 11.4 Å². The molecule has 0 saturated carbocycles. The predicted molar refractivity (Wildman–Crippen MR) is 85.4 cm³/mol. The van der Waals surface area contributed by atoms with Crippen molar-refractivity contribution >= 4 is 23.5 Å². The molecule has 0 unspecified atom stereocenters. The predicted octanol–water partition coefficient (Wildman–Crippen LogP) is 3.42. The molecular weight excluding hydrogens is 302 g/mol. The van der Waals surface area contributed by atoms with Crippen LogP contribution in [0.15, 0.2) is 36.4 Å². The van der Waals surface area contributed by atoms with Crippen LogP contribution in [0, 0.1) is 5.92 Å². The monoisotopic (exact) mass is 321 g/mol. The van der Waals surface area contributed by atoms with E-state index in [9.17, 15) is 9.59 Å². The van der Waals surface area contributed by atoms with Gasteiger partial charge in [0.15, 0.2) is 6.61 Å². The van der Waals surface area contributed by atoms with Gasteiger partial charge in [0.25, 0.3) is 5.91 Å². The Bertz CT molecular complexity index is 571. The molecule has 0 heterocycles. The molecule has 4 nitrogen and oxygen atoms in total. The first-order chi connectivity index (χ1) is 10.6. The third-order valence-electron chi connectivity index (χ3n) is 3.67. The van der Waals surface area contributed by atoms with Crippen molar-refractivity contribution in [2.75, 3.05) is 6.61 Å². The van der Waals surface area contributed by atoms with Crippen LogP contribution < -0.4 is 5.32 Å². The molecule has 5 heteroatoms. The minimum atomic E-state index is -0.313. The Balaban J connectivity index is 1.77. The highest BCUT2D eigenvalue weighted by Crippen LogP contribution is 2.20. The fourth-order valence-corrected chi connectivity index (χ4v) is 2.60. The van der Waals surface area contributed by atoms with E-state index in [-0.39, 0.29) is 30.4 Å². The minimum Gasteiger partial charge on any atom is -0.455 e. The van der Waals surface area contributed by atoms with Crippen LogP contribution in [0.1, 0.15) is 37.8 Å². The van der Waals surface area contributed by atoms with Crippen molar-refractivity contribution in [1.82, 2.24) is 5.32 Å². The normalized spacial score (nSPS) is 18.5. The second-order valence-electron chi connectivity index (χ2n) is 5.43. The van der Waals surface area contributed by atoms with E-state index in [0.29, 0.717) is 11.4 Å². The first-order valence-electron chi connectivity index (χ1n) is 7.42. The SMILES string of the molecule is C[C@H](NC(=O)COC(=O)[C@H]1CC=CCC1)c1cccc(Cl)c1. The molecule has 0 aromatic heterocycles. The zero-order valence-electron chi connectivity index (χ0n) is 12.5. The number of hydrogen-bond acceptors (Lipinski definition) is 3. The summed E-state index contributed by atoms with van der Waals surface area (Å²) in [6.07, 6.45) is 6.41. The van der Waals surface area contributed by atoms with Gasteiger partial charge < -0.3 is 10.1 Å². The van der Waals surface area contributed by atoms with Gasteiger partial charge in [0.1, 0.15) is 0 Å². The quantitative estimate of drug-likeness (QED) is 0.668. The lowest BCUT2D eigenvalue weighted by atomic mass is 9.95. The highest BCUT2D eigenvalue weighted by Gasteiger charge is 2.21. The van der Waals surface area contributed by atoms with Crippen molar-refractivity contribution in [3.05, 3.63) is 47.0 Å². The number of esters is 1. The van der Waals surface area contributed by atoms with Gasteiger partial charge >= 0.3 is 5.97 Å². The maximum Gasteiger partial charge on any atom is 0.309 e. The van der Waals surface area contributed by atoms with Gasteiger partial charge in [-0.2, -0.15) is 0 Å². The fraction of sp³-hybridized carbons (Fsp3) is 0.412. The van der Waals surface area contributed by atoms with Crippen LogP contribution in [0.25, 0.3) is 0 Å². The molecule has 1 aliphatic carbocycles. The van der Waals surface area contributed by atoms with Crippen molar-refractivity contribution < 1.29 is 14.3 Å². The Morgan fingerprint density at radius 3 is 2.91 bits per heavy atom. The zero-order chi connectivity index (χ0) is 15.9. The van der Waals surface area contributed by atoms with E-state index in [1.165, 1.54) is 0 Å². The number of hydrogen-bond donors (Lipinski definition) is 1. The second-order valence-corrected chi connectivity index (χ2v) is 5.87. The molecule has 0 fully saturated rings. The van der Waals surface area contributed by atoms with Crippen molar-refractivity contribution in [2.45, 2.75) is 32.2 Å². The third-order valence-corrected chi connectivity index (χ3v) is 3.91. The van der Waals surface area contributed by atoms with E-state index in [1.54, 1.807) is 12.1 Å². The maximum absolute atomic E-state index is 11.9. The lowest BCUT2D eigenvalue weighted by Gasteiger charge is -2.17. The summed E-state index contributed by atoms with van der Waals surface area (Å²) in [6.45, 7) is 1.61. The number of benzene rings is 1. The van der Waals surface area contributed by atoms with Gasteiger partial charge in [-0.05, 0) is 43.9 Å². The average Bonchev–Trinajstić information content (AvgIpc) is 2.53. The van der Waals surface area contributed by atoms with Crippen molar-refractivity contribution in [2.24, 2.45) is 5.92 Å². The fourth-order valence-electron chi connectivity index (χ4n) is 2.40. The highest BCUT2D eigenvalue weighted by molar-refractivity contribution is 6.30. The molecule has 1 amide bonds. The number of rotatable bonds is 5. The number of halogens is 1. The number of nitrogens with one attached hydrogen (secondary N) is 1. The molecule has 1 aliphatic rings. The molecule has 1 aromatic carbocycles. The van der Waals surface area contributed by atoms with Gasteiger partial charge in [-0.3, -0.25) is 9.59 Å². The summed E-state index contributed by atoms with van der Waals surface area (Å²) in [4.78, 5) is 23.7. The van der Waals surface area contributed by atoms with E-state index in [4.69, 9.17) is 16.3 Å². The zero-order valence-corrected chi connectivity index (χ0v) is 13.3. The molecule has 0 aliphatic heterocycles. The summed E-state index contributed by atoms with van der Waals surface area (Å²) >= 11 is 5.93. The Morgan fingerprint density at radius 2 is 2.23 bits per heavy atom. The molecule has 0 saturated heterocycles. The lowest BCUT2D eigenvalue weighted by molar-refractivity contribution is -0.153. The van der Waals surface area contributed by atoms with Gasteiger partial charge in [0, 0.05) is 5.02 Å². The first kappa shape index (κ1) is 16.6. The van der Waals surface area contributed by atoms with E-state index < -0.39 is 0 Å². The number of carbonyl (C=O) groups is 2. The lowest BCUT2D eigenvalue weighted by Crippen LogP contribution is -2.32. The van der Waals surface area contributed by atoms with Crippen LogP contribution in [0.4, 0.5) is 0 Å². The highest BCUT2D eigenvalue weighted by atomic mass is 35.5. The second kappa shape index (κ2) is 7.99. The largest absolute Gasteiger partial charge is 0.455 e. The average molecular weight is 322 g/mol. The summed E-state index contributed by atoms with van der Waals surface area (Å²) < 4.78 is 5.09. The van der Waals surface area contributed by atoms with Crippen LogP contribution in [-0.4, -0.2) is 18.5 Å². The Morgan fingerprint density at radius 1 is 1.41 bits per heavy atom. The molecule has 0 spiro atoms. The van der Waals surface area contributed by atoms with Gasteiger partial charge in [-0.25, -0.2) is 0 Å². The van der Waals surface area contributed by atoms with Crippen LogP contribution in [0.2, 0.25) is 5.02 Å². The smallest absolute Gasteiger partial charge is 0.309 e. The van der Waals surface area contributed by atoms with Crippen LogP contribution >= 0.6 is 11.6 Å². The molecule has 118 valence electrons. The molecule has 22 heavy (non-hydrogen) atoms. The number of ether oxygens (including phenoxy) is 1. The van der Waals surface area contributed by atoms with Crippen molar-refractivity contribution in [3.63, 3.8) is 0 Å². The minimum absolute atomic E-state index is 0.122. The number of amides is 1. The van der Waals surface area contributed by atoms with Gasteiger partial charge in [-0.15, -0.1) is 0 Å². The molecule has 1 N–H and O–H groups in total. The topological polar surface area (TPSA) is 55.4 Å². The van der Waals surface area contributed by atoms with Gasteiger partial charge in [0.2, 0.25) is 0 Å². The summed E-state index contributed by atoms with van der Waals surface area (Å²) in [5.74, 6) is -0.731. The van der Waals surface area contributed by atoms with Gasteiger partial charge in [0.05, 0.1) is 12.0 Å². The molecule has 0 radical (unpaired) electrons. The van der Waals surface area contributed by atoms with Crippen molar-refractivity contribution in [3.8, 4) is 0 Å². The van der Waals surface area contributed by atoms with Crippen LogP contribution in [0.3, 0.4) is 0 Å². The summed E-state index contributed by atoms with van der Waals surface area (Å²) in [5, 5.41) is 3.41. The maximum atomic E-state index is 11.9. The summed E-state index contributed by atoms with van der Waals surface area (Å²) in [5.41, 5.74) is 0.907. The van der Waals surface area contributed by atoms with Crippen molar-refractivity contribution in [1.29, 1.82) is 0 Å². The Hall–Kier alpha value is -1.81. The number of allylic oxidation sites excluding steroid dienone is 2. The molecule has 2 rings (SSSR count). The molecule has 1 aromatic rings. The first-order valence-corrected chi connectivity index (χ1v) is 7.80. The standard InChI is InChI=1S/C17H20ClNO3/c1-12(14-8-5-9-15(18)10-14)19-16(20)11-22-17(21)13-6-3-2-4-7-13/h2-3,5,8-10,12-13H,4,6-7,11H2,1H3,(H,19,20)/t12-,13-/m0/s1. The van der Waals surface area contributed by atoms with E-state index in [1.807, 2.05) is 25.1 Å². The molecular formula is C17H20ClNO3. The van der Waals surface area contributed by atoms with Crippen LogP contribution in [-0.2, 0) is 14.3 Å². The Labute approximate surface area is 135 Å². The van der Waals surface area contributed by atoms with Gasteiger partial charge in [-0.1, -0.05) is 35.9 Å².